The smallest absolute Gasteiger partial charge is 0.295 e. The fourth-order valence-electron chi connectivity index (χ4n) is 4.45. The van der Waals surface area contributed by atoms with E-state index in [0.29, 0.717) is 53.8 Å². The van der Waals surface area contributed by atoms with Crippen LogP contribution in [0.4, 0.5) is 0 Å². The van der Waals surface area contributed by atoms with E-state index in [2.05, 4.69) is 18.7 Å². The number of Topliss-reactive ketones (excluding diaryl/α,β-unsaturated/α-hetero) is 1. The standard InChI is InChI=1S/C26H29ClN2O5/c1-3-28(4-2)12-5-13-29-23(17-6-9-19(27)10-7-17)22(25(31)26(29)32)24(30)18-8-11-20-21(16-18)34-15-14-33-20/h6-11,16,23,30H,3-5,12-15H2,1-2H3/b24-22-. The Labute approximate surface area is 204 Å². The van der Waals surface area contributed by atoms with Crippen LogP contribution in [-0.4, -0.2) is 66.0 Å². The molecule has 1 fully saturated rings. The van der Waals surface area contributed by atoms with Crippen LogP contribution in [0, 0.1) is 0 Å². The average Bonchev–Trinajstić information content (AvgIpc) is 3.11. The summed E-state index contributed by atoms with van der Waals surface area (Å²) in [6.07, 6.45) is 0.711. The van der Waals surface area contributed by atoms with Gasteiger partial charge in [-0.3, -0.25) is 9.59 Å². The Morgan fingerprint density at radius 1 is 1.06 bits per heavy atom. The molecule has 1 N–H and O–H groups in total. The summed E-state index contributed by atoms with van der Waals surface area (Å²) in [5.74, 6) is -0.476. The van der Waals surface area contributed by atoms with Gasteiger partial charge in [0.2, 0.25) is 0 Å². The molecule has 0 saturated carbocycles. The van der Waals surface area contributed by atoms with Crippen molar-refractivity contribution in [1.29, 1.82) is 0 Å². The Morgan fingerprint density at radius 2 is 1.74 bits per heavy atom. The van der Waals surface area contributed by atoms with E-state index in [-0.39, 0.29) is 11.3 Å². The largest absolute Gasteiger partial charge is 0.507 e. The molecule has 1 atom stereocenters. The van der Waals surface area contributed by atoms with Gasteiger partial charge in [-0.1, -0.05) is 37.6 Å². The summed E-state index contributed by atoms with van der Waals surface area (Å²) >= 11 is 6.08. The predicted octanol–water partition coefficient (Wildman–Crippen LogP) is 4.26. The summed E-state index contributed by atoms with van der Waals surface area (Å²) < 4.78 is 11.2. The first-order valence-electron chi connectivity index (χ1n) is 11.6. The van der Waals surface area contributed by atoms with Gasteiger partial charge >= 0.3 is 0 Å². The monoisotopic (exact) mass is 484 g/mol. The molecule has 7 nitrogen and oxygen atoms in total. The fourth-order valence-corrected chi connectivity index (χ4v) is 4.58. The maximum atomic E-state index is 13.2. The van der Waals surface area contributed by atoms with Crippen molar-refractivity contribution in [1.82, 2.24) is 9.80 Å². The zero-order valence-corrected chi connectivity index (χ0v) is 20.2. The van der Waals surface area contributed by atoms with Crippen molar-refractivity contribution >= 4 is 29.1 Å². The minimum absolute atomic E-state index is 0.0619. The number of carbonyl (C=O) groups is 2. The van der Waals surface area contributed by atoms with Crippen LogP contribution in [0.3, 0.4) is 0 Å². The molecule has 4 rings (SSSR count). The molecule has 0 spiro atoms. The molecule has 0 aromatic heterocycles. The quantitative estimate of drug-likeness (QED) is 0.342. The van der Waals surface area contributed by atoms with E-state index in [1.807, 2.05) is 0 Å². The number of aliphatic hydroxyl groups excluding tert-OH is 1. The molecule has 2 aliphatic rings. The summed E-state index contributed by atoms with van der Waals surface area (Å²) in [5.41, 5.74) is 1.17. The van der Waals surface area contributed by atoms with Gasteiger partial charge in [0.15, 0.2) is 11.5 Å². The number of carbonyl (C=O) groups excluding carboxylic acids is 2. The first kappa shape index (κ1) is 24.1. The van der Waals surface area contributed by atoms with Crippen LogP contribution < -0.4 is 9.47 Å². The van der Waals surface area contributed by atoms with Gasteiger partial charge in [0, 0.05) is 17.1 Å². The number of rotatable bonds is 8. The van der Waals surface area contributed by atoms with E-state index in [9.17, 15) is 14.7 Å². The van der Waals surface area contributed by atoms with Gasteiger partial charge in [0.25, 0.3) is 11.7 Å². The van der Waals surface area contributed by atoms with Gasteiger partial charge < -0.3 is 24.4 Å². The lowest BCUT2D eigenvalue weighted by Crippen LogP contribution is -2.33. The van der Waals surface area contributed by atoms with E-state index in [4.69, 9.17) is 21.1 Å². The summed E-state index contributed by atoms with van der Waals surface area (Å²) in [6.45, 7) is 8.08. The Balaban J connectivity index is 1.72. The van der Waals surface area contributed by atoms with E-state index < -0.39 is 17.7 Å². The summed E-state index contributed by atoms with van der Waals surface area (Å²) in [5, 5.41) is 11.8. The average molecular weight is 485 g/mol. The maximum Gasteiger partial charge on any atom is 0.295 e. The molecule has 180 valence electrons. The van der Waals surface area contributed by atoms with E-state index in [1.54, 1.807) is 47.4 Å². The van der Waals surface area contributed by atoms with Crippen LogP contribution in [0.1, 0.15) is 37.4 Å². The third-order valence-electron chi connectivity index (χ3n) is 6.31. The molecule has 2 aliphatic heterocycles. The number of likely N-dealkylation sites (tertiary alicyclic amines) is 1. The first-order valence-corrected chi connectivity index (χ1v) is 12.0. The molecule has 1 amide bonds. The van der Waals surface area contributed by atoms with Crippen molar-refractivity contribution in [2.45, 2.75) is 26.3 Å². The number of benzene rings is 2. The van der Waals surface area contributed by atoms with Crippen LogP contribution in [-0.2, 0) is 9.59 Å². The van der Waals surface area contributed by atoms with Gasteiger partial charge in [-0.25, -0.2) is 0 Å². The van der Waals surface area contributed by atoms with Crippen LogP contribution in [0.2, 0.25) is 5.02 Å². The molecular weight excluding hydrogens is 456 g/mol. The van der Waals surface area contributed by atoms with Crippen molar-refractivity contribution in [3.63, 3.8) is 0 Å². The van der Waals surface area contributed by atoms with E-state index in [1.165, 1.54) is 0 Å². The Morgan fingerprint density at radius 3 is 2.41 bits per heavy atom. The van der Waals surface area contributed by atoms with Gasteiger partial charge in [0.05, 0.1) is 11.6 Å². The van der Waals surface area contributed by atoms with Gasteiger partial charge in [0.1, 0.15) is 19.0 Å². The summed E-state index contributed by atoms with van der Waals surface area (Å²) in [4.78, 5) is 30.1. The highest BCUT2D eigenvalue weighted by atomic mass is 35.5. The summed E-state index contributed by atoms with van der Waals surface area (Å²) in [6, 6.07) is 11.3. The second-order valence-electron chi connectivity index (χ2n) is 8.28. The molecule has 8 heteroatoms. The van der Waals surface area contributed by atoms with E-state index >= 15 is 0 Å². The van der Waals surface area contributed by atoms with Crippen molar-refractivity contribution in [3.8, 4) is 11.5 Å². The zero-order chi connectivity index (χ0) is 24.2. The number of nitrogens with zero attached hydrogens (tertiary/aromatic N) is 2. The highest BCUT2D eigenvalue weighted by Crippen LogP contribution is 2.41. The van der Waals surface area contributed by atoms with Crippen molar-refractivity contribution in [3.05, 3.63) is 64.2 Å². The Hall–Kier alpha value is -3.03. The second-order valence-corrected chi connectivity index (χ2v) is 8.72. The first-order chi connectivity index (χ1) is 16.4. The van der Waals surface area contributed by atoms with Crippen molar-refractivity contribution < 1.29 is 24.2 Å². The Kier molecular flexibility index (Phi) is 7.44. The minimum atomic E-state index is -0.706. The van der Waals surface area contributed by atoms with Gasteiger partial charge in [-0.05, 0) is 62.0 Å². The third-order valence-corrected chi connectivity index (χ3v) is 6.56. The lowest BCUT2D eigenvalue weighted by molar-refractivity contribution is -0.140. The lowest BCUT2D eigenvalue weighted by Gasteiger charge is -2.27. The van der Waals surface area contributed by atoms with Crippen LogP contribution in [0.15, 0.2) is 48.0 Å². The van der Waals surface area contributed by atoms with Gasteiger partial charge in [-0.2, -0.15) is 0 Å². The number of hydrogen-bond donors (Lipinski definition) is 1. The highest BCUT2D eigenvalue weighted by Gasteiger charge is 2.45. The molecular formula is C26H29ClN2O5. The number of hydrogen-bond acceptors (Lipinski definition) is 6. The molecule has 0 radical (unpaired) electrons. The van der Waals surface area contributed by atoms with Crippen LogP contribution in [0.25, 0.3) is 5.76 Å². The molecule has 1 unspecified atom stereocenters. The van der Waals surface area contributed by atoms with Crippen LogP contribution >= 0.6 is 11.6 Å². The lowest BCUT2D eigenvalue weighted by atomic mass is 9.95. The number of amides is 1. The van der Waals surface area contributed by atoms with Crippen molar-refractivity contribution in [2.24, 2.45) is 0 Å². The predicted molar refractivity (Wildman–Crippen MR) is 130 cm³/mol. The molecule has 0 bridgehead atoms. The van der Waals surface area contributed by atoms with Crippen LogP contribution in [0.5, 0.6) is 11.5 Å². The molecule has 0 aliphatic carbocycles. The maximum absolute atomic E-state index is 13.2. The highest BCUT2D eigenvalue weighted by molar-refractivity contribution is 6.46. The SMILES string of the molecule is CCN(CC)CCCN1C(=O)C(=O)/C(=C(\O)c2ccc3c(c2)OCCO3)C1c1ccc(Cl)cc1. The fraction of sp³-hybridized carbons (Fsp3) is 0.385. The molecule has 2 heterocycles. The normalized spacial score (nSPS) is 19.2. The second kappa shape index (κ2) is 10.5. The van der Waals surface area contributed by atoms with Gasteiger partial charge in [-0.15, -0.1) is 0 Å². The molecule has 34 heavy (non-hydrogen) atoms. The number of ketones is 1. The number of halogens is 1. The van der Waals surface area contributed by atoms with E-state index in [0.717, 1.165) is 19.6 Å². The molecule has 2 aromatic carbocycles. The molecule has 2 aromatic rings. The number of aliphatic hydroxyl groups is 1. The zero-order valence-electron chi connectivity index (χ0n) is 19.4. The molecule has 1 saturated heterocycles. The number of fused-ring (bicyclic) bond motifs is 1. The third kappa shape index (κ3) is 4.76. The minimum Gasteiger partial charge on any atom is -0.507 e. The number of ether oxygens (including phenoxy) is 2. The Bertz CT molecular complexity index is 1090. The van der Waals surface area contributed by atoms with Crippen molar-refractivity contribution in [2.75, 3.05) is 39.4 Å². The summed E-state index contributed by atoms with van der Waals surface area (Å²) in [7, 11) is 0. The topological polar surface area (TPSA) is 79.3 Å².